The number of carbonyl (C=O) groups is 1. The SMILES string of the molecule is O=C(Nc1ccc(F)c(Cl)c1)N1CCS(=O)(=O)[C@@H](c2cccs2)C1. The van der Waals surface area contributed by atoms with Crippen LogP contribution in [0.4, 0.5) is 14.9 Å². The molecule has 9 heteroatoms. The Hall–Kier alpha value is -1.64. The van der Waals surface area contributed by atoms with Crippen molar-refractivity contribution in [2.75, 3.05) is 24.2 Å². The average molecular weight is 389 g/mol. The highest BCUT2D eigenvalue weighted by Gasteiger charge is 2.36. The predicted octanol–water partition coefficient (Wildman–Crippen LogP) is 3.54. The summed E-state index contributed by atoms with van der Waals surface area (Å²) in [6.45, 7) is 0.203. The first kappa shape index (κ1) is 17.2. The van der Waals surface area contributed by atoms with Gasteiger partial charge in [-0.3, -0.25) is 0 Å². The van der Waals surface area contributed by atoms with Crippen LogP contribution in [0, 0.1) is 5.82 Å². The maximum absolute atomic E-state index is 13.2. The van der Waals surface area contributed by atoms with E-state index in [4.69, 9.17) is 11.6 Å². The Kier molecular flexibility index (Phi) is 4.80. The summed E-state index contributed by atoms with van der Waals surface area (Å²) in [5, 5.41) is 3.62. The van der Waals surface area contributed by atoms with Crippen LogP contribution in [-0.4, -0.2) is 38.2 Å². The largest absolute Gasteiger partial charge is 0.322 e. The number of urea groups is 1. The first-order chi connectivity index (χ1) is 11.4. The zero-order valence-electron chi connectivity index (χ0n) is 12.4. The second-order valence-corrected chi connectivity index (χ2v) is 9.07. The fraction of sp³-hybridized carbons (Fsp3) is 0.267. The number of sulfone groups is 1. The van der Waals surface area contributed by atoms with Gasteiger partial charge in [-0.15, -0.1) is 11.3 Å². The van der Waals surface area contributed by atoms with Gasteiger partial charge >= 0.3 is 6.03 Å². The number of hydrogen-bond donors (Lipinski definition) is 1. The van der Waals surface area contributed by atoms with Gasteiger partial charge in [-0.05, 0) is 29.6 Å². The van der Waals surface area contributed by atoms with E-state index in [-0.39, 0.29) is 23.9 Å². The molecular formula is C15H14ClFN2O3S2. The van der Waals surface area contributed by atoms with Crippen molar-refractivity contribution in [1.82, 2.24) is 4.90 Å². The Bertz CT molecular complexity index is 856. The molecule has 1 atom stereocenters. The lowest BCUT2D eigenvalue weighted by Crippen LogP contribution is -2.47. The molecule has 1 aliphatic rings. The maximum atomic E-state index is 13.2. The van der Waals surface area contributed by atoms with Crippen LogP contribution < -0.4 is 5.32 Å². The first-order valence-corrected chi connectivity index (χ1v) is 10.1. The standard InChI is InChI=1S/C15H14ClFN2O3S2/c16-11-8-10(3-4-12(11)17)18-15(20)19-5-7-24(21,22)14(9-19)13-2-1-6-23-13/h1-4,6,8,14H,5,7,9H2,(H,18,20)/t14-/m1/s1. The number of rotatable bonds is 2. The highest BCUT2D eigenvalue weighted by Crippen LogP contribution is 2.31. The predicted molar refractivity (Wildman–Crippen MR) is 92.8 cm³/mol. The van der Waals surface area contributed by atoms with Gasteiger partial charge in [-0.2, -0.15) is 0 Å². The van der Waals surface area contributed by atoms with Crippen LogP contribution in [0.25, 0.3) is 0 Å². The van der Waals surface area contributed by atoms with E-state index in [1.54, 1.807) is 12.1 Å². The molecule has 2 heterocycles. The quantitative estimate of drug-likeness (QED) is 0.855. The molecule has 2 amide bonds. The van der Waals surface area contributed by atoms with Gasteiger partial charge in [0.1, 0.15) is 11.1 Å². The first-order valence-electron chi connectivity index (χ1n) is 7.13. The summed E-state index contributed by atoms with van der Waals surface area (Å²) >= 11 is 7.05. The lowest BCUT2D eigenvalue weighted by Gasteiger charge is -2.32. The molecule has 1 aromatic heterocycles. The number of nitrogens with zero attached hydrogens (tertiary/aromatic N) is 1. The van der Waals surface area contributed by atoms with Gasteiger partial charge in [0.25, 0.3) is 0 Å². The van der Waals surface area contributed by atoms with Gasteiger partial charge in [0.2, 0.25) is 0 Å². The summed E-state index contributed by atoms with van der Waals surface area (Å²) in [7, 11) is -3.28. The molecule has 0 aliphatic carbocycles. The fourth-order valence-corrected chi connectivity index (χ4v) is 5.57. The number of hydrogen-bond acceptors (Lipinski definition) is 4. The van der Waals surface area contributed by atoms with Gasteiger partial charge in [0.15, 0.2) is 9.84 Å². The molecule has 0 unspecified atom stereocenters. The molecule has 1 fully saturated rings. The molecule has 1 aliphatic heterocycles. The zero-order valence-corrected chi connectivity index (χ0v) is 14.8. The van der Waals surface area contributed by atoms with Crippen molar-refractivity contribution in [2.24, 2.45) is 0 Å². The van der Waals surface area contributed by atoms with E-state index in [0.29, 0.717) is 5.69 Å². The van der Waals surface area contributed by atoms with E-state index < -0.39 is 26.9 Å². The van der Waals surface area contributed by atoms with Crippen LogP contribution in [0.2, 0.25) is 5.02 Å². The molecular weight excluding hydrogens is 375 g/mol. The van der Waals surface area contributed by atoms with Crippen molar-refractivity contribution in [2.45, 2.75) is 5.25 Å². The average Bonchev–Trinajstić information content (AvgIpc) is 3.04. The van der Waals surface area contributed by atoms with Crippen LogP contribution >= 0.6 is 22.9 Å². The Morgan fingerprint density at radius 3 is 2.83 bits per heavy atom. The second-order valence-electron chi connectivity index (χ2n) is 5.38. The highest BCUT2D eigenvalue weighted by molar-refractivity contribution is 7.91. The molecule has 2 aromatic rings. The third-order valence-electron chi connectivity index (χ3n) is 3.78. The lowest BCUT2D eigenvalue weighted by molar-refractivity contribution is 0.212. The van der Waals surface area contributed by atoms with Crippen LogP contribution in [0.3, 0.4) is 0 Å². The Labute approximate surface area is 148 Å². The molecule has 0 saturated carbocycles. The molecule has 0 spiro atoms. The summed E-state index contributed by atoms with van der Waals surface area (Å²) in [4.78, 5) is 14.5. The van der Waals surface area contributed by atoms with Gasteiger partial charge in [-0.1, -0.05) is 17.7 Å². The molecule has 24 heavy (non-hydrogen) atoms. The summed E-state index contributed by atoms with van der Waals surface area (Å²) in [5.41, 5.74) is 0.354. The number of anilines is 1. The third kappa shape index (κ3) is 3.55. The van der Waals surface area contributed by atoms with Gasteiger partial charge < -0.3 is 10.2 Å². The number of carbonyl (C=O) groups excluding carboxylic acids is 1. The zero-order chi connectivity index (χ0) is 17.3. The highest BCUT2D eigenvalue weighted by atomic mass is 35.5. The molecule has 5 nitrogen and oxygen atoms in total. The number of thiophene rings is 1. The van der Waals surface area contributed by atoms with E-state index in [0.717, 1.165) is 10.9 Å². The molecule has 1 aromatic carbocycles. The second kappa shape index (κ2) is 6.70. The lowest BCUT2D eigenvalue weighted by atomic mass is 10.3. The van der Waals surface area contributed by atoms with E-state index >= 15 is 0 Å². The summed E-state index contributed by atoms with van der Waals surface area (Å²) in [5.74, 6) is -0.663. The Balaban J connectivity index is 1.75. The van der Waals surface area contributed by atoms with E-state index in [1.165, 1.54) is 28.4 Å². The molecule has 1 saturated heterocycles. The minimum atomic E-state index is -3.28. The van der Waals surface area contributed by atoms with Crippen molar-refractivity contribution in [3.8, 4) is 0 Å². The third-order valence-corrected chi connectivity index (χ3v) is 7.23. The smallest absolute Gasteiger partial charge is 0.321 e. The van der Waals surface area contributed by atoms with Crippen molar-refractivity contribution < 1.29 is 17.6 Å². The minimum absolute atomic E-state index is 0.0869. The van der Waals surface area contributed by atoms with Gasteiger partial charge in [0, 0.05) is 23.7 Å². The van der Waals surface area contributed by atoms with Gasteiger partial charge in [-0.25, -0.2) is 17.6 Å². The van der Waals surface area contributed by atoms with Crippen LogP contribution in [0.5, 0.6) is 0 Å². The molecule has 0 bridgehead atoms. The van der Waals surface area contributed by atoms with Crippen molar-refractivity contribution in [1.29, 1.82) is 0 Å². The normalized spacial score (nSPS) is 19.9. The van der Waals surface area contributed by atoms with Crippen LogP contribution in [0.1, 0.15) is 10.1 Å². The topological polar surface area (TPSA) is 66.5 Å². The summed E-state index contributed by atoms with van der Waals surface area (Å²) in [6, 6.07) is 6.98. The minimum Gasteiger partial charge on any atom is -0.322 e. The summed E-state index contributed by atoms with van der Waals surface area (Å²) < 4.78 is 37.7. The molecule has 128 valence electrons. The van der Waals surface area contributed by atoms with Crippen molar-refractivity contribution >= 4 is 44.5 Å². The van der Waals surface area contributed by atoms with E-state index in [9.17, 15) is 17.6 Å². The van der Waals surface area contributed by atoms with Crippen LogP contribution in [-0.2, 0) is 9.84 Å². The van der Waals surface area contributed by atoms with Gasteiger partial charge in [0.05, 0.1) is 10.8 Å². The monoisotopic (exact) mass is 388 g/mol. The van der Waals surface area contributed by atoms with Crippen molar-refractivity contribution in [3.05, 3.63) is 51.4 Å². The number of amides is 2. The van der Waals surface area contributed by atoms with Crippen LogP contribution in [0.15, 0.2) is 35.7 Å². The summed E-state index contributed by atoms with van der Waals surface area (Å²) in [6.07, 6.45) is 0. The Morgan fingerprint density at radius 2 is 2.17 bits per heavy atom. The molecule has 1 N–H and O–H groups in total. The molecule has 0 radical (unpaired) electrons. The number of nitrogens with one attached hydrogen (secondary N) is 1. The van der Waals surface area contributed by atoms with Crippen molar-refractivity contribution in [3.63, 3.8) is 0 Å². The number of halogens is 2. The van der Waals surface area contributed by atoms with E-state index in [2.05, 4.69) is 5.32 Å². The fourth-order valence-electron chi connectivity index (χ4n) is 2.49. The maximum Gasteiger partial charge on any atom is 0.321 e. The number of benzene rings is 1. The molecule has 3 rings (SSSR count). The van der Waals surface area contributed by atoms with E-state index in [1.807, 2.05) is 5.38 Å². The Morgan fingerprint density at radius 1 is 1.38 bits per heavy atom.